The van der Waals surface area contributed by atoms with E-state index >= 15 is 0 Å². The van der Waals surface area contributed by atoms with E-state index < -0.39 is 22.1 Å². The zero-order chi connectivity index (χ0) is 25.4. The van der Waals surface area contributed by atoms with Crippen LogP contribution in [0.4, 0.5) is 0 Å². The third kappa shape index (κ3) is 9.00. The predicted octanol–water partition coefficient (Wildman–Crippen LogP) is 3.73. The van der Waals surface area contributed by atoms with Gasteiger partial charge in [-0.15, -0.1) is 0 Å². The molecule has 2 rings (SSSR count). The number of hydrogen-bond donors (Lipinski definition) is 3. The molecule has 0 aliphatic carbocycles. The molecule has 0 bridgehead atoms. The topological polar surface area (TPSA) is 107 Å². The fraction of sp³-hybridized carbons (Fsp3) is 0.480. The molecule has 0 fully saturated rings. The summed E-state index contributed by atoms with van der Waals surface area (Å²) in [5, 5.41) is 22.8. The van der Waals surface area contributed by atoms with Gasteiger partial charge in [0.1, 0.15) is 0 Å². The number of aryl methyl sites for hydroxylation is 2. The minimum atomic E-state index is -3.86. The van der Waals surface area contributed by atoms with Gasteiger partial charge in [-0.1, -0.05) is 48.0 Å². The number of β-amino-alcohol motifs (C(OH)–C–C–N with tert-alkyl or cyclic N) is 1. The van der Waals surface area contributed by atoms with E-state index in [0.717, 1.165) is 23.6 Å². The molecule has 0 radical (unpaired) electrons. The number of hydrogen-bond acceptors (Lipinski definition) is 5. The van der Waals surface area contributed by atoms with Crippen molar-refractivity contribution in [2.24, 2.45) is 0 Å². The number of nitrogens with one attached hydrogen (secondary N) is 1. The van der Waals surface area contributed by atoms with E-state index in [4.69, 9.17) is 16.7 Å². The standard InChI is InChI=1S/C25H35ClN2O5S/c1-25(2,15-7-10-19-8-5-4-6-9-19)27-17-21(29)18-28(3)34(32,33)22-13-11-20(23(26)16-22)12-14-24(30)31/h4-6,8-9,11,13,16,21,27,29H,7,10,12,14-15,17-18H2,1-3H3,(H,30,31)/t21-/m1/s1. The first-order valence-corrected chi connectivity index (χ1v) is 13.2. The van der Waals surface area contributed by atoms with Crippen molar-refractivity contribution >= 4 is 27.6 Å². The van der Waals surface area contributed by atoms with Gasteiger partial charge in [0.15, 0.2) is 0 Å². The minimum Gasteiger partial charge on any atom is -0.481 e. The number of benzene rings is 2. The van der Waals surface area contributed by atoms with E-state index in [1.807, 2.05) is 18.2 Å². The van der Waals surface area contributed by atoms with Gasteiger partial charge < -0.3 is 15.5 Å². The molecule has 0 saturated heterocycles. The summed E-state index contributed by atoms with van der Waals surface area (Å²) in [7, 11) is -2.45. The lowest BCUT2D eigenvalue weighted by atomic mass is 9.95. The van der Waals surface area contributed by atoms with Gasteiger partial charge in [0.25, 0.3) is 0 Å². The van der Waals surface area contributed by atoms with Gasteiger partial charge >= 0.3 is 5.97 Å². The lowest BCUT2D eigenvalue weighted by Crippen LogP contribution is -2.46. The van der Waals surface area contributed by atoms with Crippen molar-refractivity contribution in [3.05, 3.63) is 64.7 Å². The van der Waals surface area contributed by atoms with E-state index in [2.05, 4.69) is 31.3 Å². The highest BCUT2D eigenvalue weighted by atomic mass is 35.5. The van der Waals surface area contributed by atoms with Crippen molar-refractivity contribution in [1.29, 1.82) is 0 Å². The molecule has 2 aromatic rings. The lowest BCUT2D eigenvalue weighted by Gasteiger charge is -2.29. The molecule has 7 nitrogen and oxygen atoms in total. The highest BCUT2D eigenvalue weighted by Gasteiger charge is 2.25. The Labute approximate surface area is 207 Å². The van der Waals surface area contributed by atoms with Crippen LogP contribution in [-0.2, 0) is 27.7 Å². The van der Waals surface area contributed by atoms with Crippen LogP contribution < -0.4 is 5.32 Å². The summed E-state index contributed by atoms with van der Waals surface area (Å²) in [6.45, 7) is 4.32. The monoisotopic (exact) mass is 510 g/mol. The maximum Gasteiger partial charge on any atom is 0.303 e. The van der Waals surface area contributed by atoms with Gasteiger partial charge in [0.2, 0.25) is 10.0 Å². The Morgan fingerprint density at radius 2 is 1.82 bits per heavy atom. The second kappa shape index (κ2) is 12.7. The van der Waals surface area contributed by atoms with Crippen LogP contribution in [0.25, 0.3) is 0 Å². The molecule has 0 aliphatic heterocycles. The van der Waals surface area contributed by atoms with Crippen LogP contribution in [0.5, 0.6) is 0 Å². The van der Waals surface area contributed by atoms with Crippen molar-refractivity contribution in [3.8, 4) is 0 Å². The van der Waals surface area contributed by atoms with Crippen molar-refractivity contribution < 1.29 is 23.4 Å². The summed E-state index contributed by atoms with van der Waals surface area (Å²) >= 11 is 6.17. The Bertz CT molecular complexity index is 1040. The number of carboxylic acid groups (broad SMARTS) is 1. The van der Waals surface area contributed by atoms with E-state index in [-0.39, 0.29) is 41.4 Å². The third-order valence-electron chi connectivity index (χ3n) is 5.74. The number of aliphatic hydroxyl groups excluding tert-OH is 1. The highest BCUT2D eigenvalue weighted by Crippen LogP contribution is 2.24. The van der Waals surface area contributed by atoms with Crippen molar-refractivity contribution in [1.82, 2.24) is 9.62 Å². The quantitative estimate of drug-likeness (QED) is 0.357. The molecule has 0 heterocycles. The van der Waals surface area contributed by atoms with Crippen LogP contribution in [-0.4, -0.2) is 60.7 Å². The minimum absolute atomic E-state index is 0.000441. The molecule has 0 aliphatic rings. The zero-order valence-corrected chi connectivity index (χ0v) is 21.6. The molecule has 0 saturated carbocycles. The van der Waals surface area contributed by atoms with E-state index in [1.54, 1.807) is 0 Å². The van der Waals surface area contributed by atoms with Crippen LogP contribution in [0, 0.1) is 0 Å². The first-order chi connectivity index (χ1) is 15.9. The number of carbonyl (C=O) groups is 1. The number of likely N-dealkylation sites (N-methyl/N-ethyl adjacent to an activating group) is 1. The summed E-state index contributed by atoms with van der Waals surface area (Å²) in [5.41, 5.74) is 1.66. The number of halogens is 1. The highest BCUT2D eigenvalue weighted by molar-refractivity contribution is 7.89. The first kappa shape index (κ1) is 28.3. The van der Waals surface area contributed by atoms with E-state index in [1.165, 1.54) is 30.8 Å². The number of carboxylic acids is 1. The molecule has 3 N–H and O–H groups in total. The smallest absolute Gasteiger partial charge is 0.303 e. The SMILES string of the molecule is CN(C[C@H](O)CNC(C)(C)CCCc1ccccc1)S(=O)(=O)c1ccc(CCC(=O)O)c(Cl)c1. The third-order valence-corrected chi connectivity index (χ3v) is 7.91. The molecular weight excluding hydrogens is 476 g/mol. The average molecular weight is 511 g/mol. The fourth-order valence-electron chi connectivity index (χ4n) is 3.63. The molecule has 2 aromatic carbocycles. The Hall–Kier alpha value is -1.97. The summed E-state index contributed by atoms with van der Waals surface area (Å²) in [6, 6.07) is 14.5. The number of nitrogens with zero attached hydrogens (tertiary/aromatic N) is 1. The average Bonchev–Trinajstić information content (AvgIpc) is 2.77. The Kier molecular flexibility index (Phi) is 10.5. The molecule has 0 amide bonds. The van der Waals surface area contributed by atoms with Crippen LogP contribution >= 0.6 is 11.6 Å². The van der Waals surface area contributed by atoms with Crippen molar-refractivity contribution in [2.75, 3.05) is 20.1 Å². The lowest BCUT2D eigenvalue weighted by molar-refractivity contribution is -0.136. The molecule has 9 heteroatoms. The van der Waals surface area contributed by atoms with E-state index in [9.17, 15) is 18.3 Å². The molecule has 0 aromatic heterocycles. The molecular formula is C25H35ClN2O5S. The van der Waals surface area contributed by atoms with Gasteiger partial charge in [0.05, 0.1) is 11.0 Å². The number of aliphatic carboxylic acids is 1. The molecule has 0 unspecified atom stereocenters. The van der Waals surface area contributed by atoms with Crippen LogP contribution in [0.15, 0.2) is 53.4 Å². The Balaban J connectivity index is 1.86. The zero-order valence-electron chi connectivity index (χ0n) is 20.0. The summed E-state index contributed by atoms with van der Waals surface area (Å²) in [5.74, 6) is -0.950. The fourth-order valence-corrected chi connectivity index (χ4v) is 5.21. The second-order valence-electron chi connectivity index (χ2n) is 9.19. The second-order valence-corrected chi connectivity index (χ2v) is 11.6. The predicted molar refractivity (Wildman–Crippen MR) is 135 cm³/mol. The largest absolute Gasteiger partial charge is 0.481 e. The molecule has 1 atom stereocenters. The summed E-state index contributed by atoms with van der Waals surface area (Å²) in [4.78, 5) is 10.8. The first-order valence-electron chi connectivity index (χ1n) is 11.3. The van der Waals surface area contributed by atoms with Crippen LogP contribution in [0.3, 0.4) is 0 Å². The van der Waals surface area contributed by atoms with Crippen molar-refractivity contribution in [3.63, 3.8) is 0 Å². The van der Waals surface area contributed by atoms with Gasteiger partial charge in [-0.05, 0) is 62.8 Å². The number of sulfonamides is 1. The normalized spacial score (nSPS) is 13.2. The Morgan fingerprint density at radius 3 is 2.44 bits per heavy atom. The van der Waals surface area contributed by atoms with Gasteiger partial charge in [0, 0.05) is 37.1 Å². The maximum absolute atomic E-state index is 12.9. The van der Waals surface area contributed by atoms with Crippen LogP contribution in [0.2, 0.25) is 5.02 Å². The molecule has 34 heavy (non-hydrogen) atoms. The van der Waals surface area contributed by atoms with Crippen molar-refractivity contribution in [2.45, 2.75) is 62.5 Å². The Morgan fingerprint density at radius 1 is 1.15 bits per heavy atom. The van der Waals surface area contributed by atoms with E-state index in [0.29, 0.717) is 5.56 Å². The molecule has 0 spiro atoms. The van der Waals surface area contributed by atoms with Gasteiger partial charge in [-0.25, -0.2) is 8.42 Å². The summed E-state index contributed by atoms with van der Waals surface area (Å²) in [6.07, 6.45) is 2.13. The van der Waals surface area contributed by atoms with Gasteiger partial charge in [-0.2, -0.15) is 4.31 Å². The number of aliphatic hydroxyl groups is 1. The molecule has 188 valence electrons. The maximum atomic E-state index is 12.9. The van der Waals surface area contributed by atoms with Gasteiger partial charge in [-0.3, -0.25) is 4.79 Å². The van der Waals surface area contributed by atoms with Crippen LogP contribution in [0.1, 0.15) is 44.2 Å². The summed E-state index contributed by atoms with van der Waals surface area (Å²) < 4.78 is 26.9. The number of rotatable bonds is 14.